The van der Waals surface area contributed by atoms with Gasteiger partial charge >= 0.3 is 5.97 Å². The molecule has 1 N–H and O–H groups in total. The number of rotatable bonds is 5. The number of esters is 1. The Morgan fingerprint density at radius 3 is 2.32 bits per heavy atom. The zero-order valence-corrected chi connectivity index (χ0v) is 12.6. The Hall–Kier alpha value is -1.71. The minimum Gasteiger partial charge on any atom is -0.495 e. The van der Waals surface area contributed by atoms with Crippen LogP contribution in [0.3, 0.4) is 0 Å². The summed E-state index contributed by atoms with van der Waals surface area (Å²) in [5, 5.41) is 3.26. The SMILES string of the molecule is COC(=O)C(C)(C)CNc1cc(C)c(C)cc1OC. The Kier molecular flexibility index (Phi) is 4.81. The zero-order chi connectivity index (χ0) is 14.6. The maximum absolute atomic E-state index is 11.6. The molecule has 19 heavy (non-hydrogen) atoms. The van der Waals surface area contributed by atoms with Crippen molar-refractivity contribution in [2.75, 3.05) is 26.1 Å². The largest absolute Gasteiger partial charge is 0.495 e. The number of methoxy groups -OCH3 is 2. The Bertz CT molecular complexity index is 467. The number of carbonyl (C=O) groups is 1. The molecule has 1 aromatic rings. The Morgan fingerprint density at radius 2 is 1.79 bits per heavy atom. The van der Waals surface area contributed by atoms with Gasteiger partial charge in [0.2, 0.25) is 0 Å². The van der Waals surface area contributed by atoms with Crippen LogP contribution in [0.1, 0.15) is 25.0 Å². The van der Waals surface area contributed by atoms with E-state index in [2.05, 4.69) is 5.32 Å². The minimum atomic E-state index is -0.585. The van der Waals surface area contributed by atoms with E-state index in [1.54, 1.807) is 7.11 Å². The molecule has 0 aliphatic rings. The molecule has 0 heterocycles. The van der Waals surface area contributed by atoms with Gasteiger partial charge in [0.1, 0.15) is 5.75 Å². The molecule has 106 valence electrons. The molecule has 0 spiro atoms. The highest BCUT2D eigenvalue weighted by Gasteiger charge is 2.28. The van der Waals surface area contributed by atoms with E-state index in [4.69, 9.17) is 9.47 Å². The minimum absolute atomic E-state index is 0.234. The van der Waals surface area contributed by atoms with Gasteiger partial charge in [-0.2, -0.15) is 0 Å². The number of ether oxygens (including phenoxy) is 2. The molecule has 0 amide bonds. The topological polar surface area (TPSA) is 47.6 Å². The highest BCUT2D eigenvalue weighted by atomic mass is 16.5. The van der Waals surface area contributed by atoms with Crippen molar-refractivity contribution in [2.24, 2.45) is 5.41 Å². The summed E-state index contributed by atoms with van der Waals surface area (Å²) in [5.41, 5.74) is 2.66. The first-order chi connectivity index (χ1) is 8.81. The molecule has 0 saturated heterocycles. The summed E-state index contributed by atoms with van der Waals surface area (Å²) >= 11 is 0. The Labute approximate surface area is 115 Å². The van der Waals surface area contributed by atoms with Gasteiger partial charge in [0.15, 0.2) is 0 Å². The van der Waals surface area contributed by atoms with Gasteiger partial charge in [0, 0.05) is 6.54 Å². The third-order valence-corrected chi connectivity index (χ3v) is 3.27. The van der Waals surface area contributed by atoms with Crippen LogP contribution in [-0.4, -0.2) is 26.7 Å². The van der Waals surface area contributed by atoms with Crippen LogP contribution < -0.4 is 10.1 Å². The van der Waals surface area contributed by atoms with Crippen molar-refractivity contribution in [1.29, 1.82) is 0 Å². The van der Waals surface area contributed by atoms with Gasteiger partial charge in [-0.1, -0.05) is 0 Å². The molecule has 0 unspecified atom stereocenters. The van der Waals surface area contributed by atoms with E-state index in [1.807, 2.05) is 39.8 Å². The average Bonchev–Trinajstić information content (AvgIpc) is 2.38. The number of nitrogens with one attached hydrogen (secondary N) is 1. The van der Waals surface area contributed by atoms with Crippen molar-refractivity contribution in [3.63, 3.8) is 0 Å². The highest BCUT2D eigenvalue weighted by molar-refractivity contribution is 5.76. The van der Waals surface area contributed by atoms with Crippen molar-refractivity contribution in [1.82, 2.24) is 0 Å². The monoisotopic (exact) mass is 265 g/mol. The maximum atomic E-state index is 11.6. The van der Waals surface area contributed by atoms with Crippen LogP contribution in [0.5, 0.6) is 5.75 Å². The lowest BCUT2D eigenvalue weighted by Crippen LogP contribution is -2.33. The van der Waals surface area contributed by atoms with E-state index in [9.17, 15) is 4.79 Å². The smallest absolute Gasteiger partial charge is 0.313 e. The molecular weight excluding hydrogens is 242 g/mol. The molecular formula is C15H23NO3. The Balaban J connectivity index is 2.89. The van der Waals surface area contributed by atoms with E-state index in [1.165, 1.54) is 18.2 Å². The van der Waals surface area contributed by atoms with Crippen LogP contribution in [0.25, 0.3) is 0 Å². The third-order valence-electron chi connectivity index (χ3n) is 3.27. The fourth-order valence-corrected chi connectivity index (χ4v) is 1.76. The molecule has 0 saturated carbocycles. The zero-order valence-electron chi connectivity index (χ0n) is 12.6. The number of hydrogen-bond acceptors (Lipinski definition) is 4. The molecule has 4 nitrogen and oxygen atoms in total. The molecule has 0 aliphatic carbocycles. The normalized spacial score (nSPS) is 11.1. The second-order valence-corrected chi connectivity index (χ2v) is 5.37. The van der Waals surface area contributed by atoms with Crippen LogP contribution in [0.2, 0.25) is 0 Å². The first-order valence-electron chi connectivity index (χ1n) is 6.29. The van der Waals surface area contributed by atoms with Gasteiger partial charge in [-0.05, 0) is 51.0 Å². The van der Waals surface area contributed by atoms with Gasteiger partial charge in [0.25, 0.3) is 0 Å². The van der Waals surface area contributed by atoms with Gasteiger partial charge in [-0.15, -0.1) is 0 Å². The standard InChI is InChI=1S/C15H23NO3/c1-10-7-12(13(18-5)8-11(10)2)16-9-15(3,4)14(17)19-6/h7-8,16H,9H2,1-6H3. The third kappa shape index (κ3) is 3.63. The molecule has 1 aromatic carbocycles. The second-order valence-electron chi connectivity index (χ2n) is 5.37. The molecule has 0 fully saturated rings. The summed E-state index contributed by atoms with van der Waals surface area (Å²) in [6.07, 6.45) is 0. The lowest BCUT2D eigenvalue weighted by Gasteiger charge is -2.23. The van der Waals surface area contributed by atoms with Crippen LogP contribution >= 0.6 is 0 Å². The molecule has 0 aliphatic heterocycles. The number of aryl methyl sites for hydroxylation is 2. The van der Waals surface area contributed by atoms with Crippen LogP contribution in [0.4, 0.5) is 5.69 Å². The summed E-state index contributed by atoms with van der Waals surface area (Å²) < 4.78 is 10.1. The first kappa shape index (κ1) is 15.3. The van der Waals surface area contributed by atoms with Gasteiger partial charge in [-0.3, -0.25) is 4.79 Å². The van der Waals surface area contributed by atoms with E-state index in [0.29, 0.717) is 6.54 Å². The fourth-order valence-electron chi connectivity index (χ4n) is 1.76. The predicted molar refractivity (Wildman–Crippen MR) is 76.8 cm³/mol. The molecule has 0 atom stereocenters. The van der Waals surface area contributed by atoms with E-state index < -0.39 is 5.41 Å². The summed E-state index contributed by atoms with van der Waals surface area (Å²) in [7, 11) is 3.04. The van der Waals surface area contributed by atoms with E-state index in [0.717, 1.165) is 11.4 Å². The maximum Gasteiger partial charge on any atom is 0.313 e. The van der Waals surface area contributed by atoms with Crippen molar-refractivity contribution in [3.05, 3.63) is 23.3 Å². The van der Waals surface area contributed by atoms with Crippen molar-refractivity contribution in [3.8, 4) is 5.75 Å². The molecule has 0 aromatic heterocycles. The van der Waals surface area contributed by atoms with E-state index in [-0.39, 0.29) is 5.97 Å². The first-order valence-corrected chi connectivity index (χ1v) is 6.29. The number of hydrogen-bond donors (Lipinski definition) is 1. The fraction of sp³-hybridized carbons (Fsp3) is 0.533. The summed E-state index contributed by atoms with van der Waals surface area (Å²) in [5.74, 6) is 0.548. The van der Waals surface area contributed by atoms with Gasteiger partial charge < -0.3 is 14.8 Å². The molecule has 1 rings (SSSR count). The Morgan fingerprint density at radius 1 is 1.21 bits per heavy atom. The number of carbonyl (C=O) groups excluding carboxylic acids is 1. The van der Waals surface area contributed by atoms with Crippen LogP contribution in [0.15, 0.2) is 12.1 Å². The summed E-state index contributed by atoms with van der Waals surface area (Å²) in [6, 6.07) is 4.02. The lowest BCUT2D eigenvalue weighted by molar-refractivity contribution is -0.149. The van der Waals surface area contributed by atoms with Crippen molar-refractivity contribution in [2.45, 2.75) is 27.7 Å². The number of anilines is 1. The molecule has 4 heteroatoms. The lowest BCUT2D eigenvalue weighted by atomic mass is 9.93. The highest BCUT2D eigenvalue weighted by Crippen LogP contribution is 2.29. The van der Waals surface area contributed by atoms with Gasteiger partial charge in [0.05, 0.1) is 25.3 Å². The number of benzene rings is 1. The van der Waals surface area contributed by atoms with E-state index >= 15 is 0 Å². The van der Waals surface area contributed by atoms with Crippen LogP contribution in [0, 0.1) is 19.3 Å². The van der Waals surface area contributed by atoms with Crippen molar-refractivity contribution >= 4 is 11.7 Å². The van der Waals surface area contributed by atoms with Crippen molar-refractivity contribution < 1.29 is 14.3 Å². The molecule has 0 radical (unpaired) electrons. The van der Waals surface area contributed by atoms with Gasteiger partial charge in [-0.25, -0.2) is 0 Å². The van der Waals surface area contributed by atoms with Crippen LogP contribution in [-0.2, 0) is 9.53 Å². The predicted octanol–water partition coefficient (Wildman–Crippen LogP) is 2.92. The second kappa shape index (κ2) is 5.95. The average molecular weight is 265 g/mol. The summed E-state index contributed by atoms with van der Waals surface area (Å²) in [4.78, 5) is 11.6. The summed E-state index contributed by atoms with van der Waals surface area (Å²) in [6.45, 7) is 8.27. The quantitative estimate of drug-likeness (QED) is 0.832. The molecule has 0 bridgehead atoms.